The molecule has 34 heavy (non-hydrogen) atoms. The van der Waals surface area contributed by atoms with E-state index in [0.717, 1.165) is 22.3 Å². The molecule has 1 amide bonds. The second-order valence-electron chi connectivity index (χ2n) is 8.25. The summed E-state index contributed by atoms with van der Waals surface area (Å²) in [6, 6.07) is 16.4. The average Bonchev–Trinajstić information content (AvgIpc) is 3.39. The number of hydrogen-bond donors (Lipinski definition) is 2. The molecule has 0 aliphatic carbocycles. The third-order valence-corrected chi connectivity index (χ3v) is 5.89. The van der Waals surface area contributed by atoms with Crippen molar-refractivity contribution in [1.82, 2.24) is 20.1 Å². The SMILES string of the molecule is C=CCOc1cccc([C@@H]2c3c(-c4cc(C)ccc4O)n[nH]c3C(=O)N2Cc2cccnc2)c1. The largest absolute Gasteiger partial charge is 0.507 e. The number of benzene rings is 2. The lowest BCUT2D eigenvalue weighted by Gasteiger charge is -2.27. The van der Waals surface area contributed by atoms with Gasteiger partial charge in [-0.1, -0.05) is 42.5 Å². The third-order valence-electron chi connectivity index (χ3n) is 5.89. The Morgan fingerprint density at radius 1 is 1.21 bits per heavy atom. The zero-order chi connectivity index (χ0) is 23.7. The lowest BCUT2D eigenvalue weighted by molar-refractivity contribution is 0.0729. The van der Waals surface area contributed by atoms with Crippen molar-refractivity contribution in [3.63, 3.8) is 0 Å². The maximum atomic E-state index is 13.6. The van der Waals surface area contributed by atoms with Gasteiger partial charge in [0.2, 0.25) is 0 Å². The molecule has 7 heteroatoms. The van der Waals surface area contributed by atoms with Gasteiger partial charge in [-0.25, -0.2) is 0 Å². The van der Waals surface area contributed by atoms with Crippen LogP contribution in [-0.2, 0) is 6.54 Å². The van der Waals surface area contributed by atoms with E-state index < -0.39 is 6.04 Å². The predicted octanol–water partition coefficient (Wildman–Crippen LogP) is 4.80. The zero-order valence-corrected chi connectivity index (χ0v) is 18.7. The van der Waals surface area contributed by atoms with Crippen molar-refractivity contribution in [3.8, 4) is 22.8 Å². The highest BCUT2D eigenvalue weighted by molar-refractivity contribution is 6.00. The molecule has 2 N–H and O–H groups in total. The van der Waals surface area contributed by atoms with Crippen LogP contribution in [0.4, 0.5) is 0 Å². The fourth-order valence-corrected chi connectivity index (χ4v) is 4.37. The Kier molecular flexibility index (Phi) is 5.59. The number of aromatic amines is 1. The van der Waals surface area contributed by atoms with E-state index in [1.54, 1.807) is 29.4 Å². The standard InChI is InChI=1S/C27H24N4O3/c1-3-12-34-20-8-4-7-19(14-20)26-23-24(21-13-17(2)9-10-22(21)32)29-30-25(23)27(33)31(26)16-18-6-5-11-28-15-18/h3-11,13-15,26,32H,1,12,16H2,2H3,(H,29,30)/t26-/m1/s1. The van der Waals surface area contributed by atoms with E-state index in [-0.39, 0.29) is 11.7 Å². The fraction of sp³-hybridized carbons (Fsp3) is 0.148. The van der Waals surface area contributed by atoms with Crippen LogP contribution in [0.1, 0.15) is 38.8 Å². The van der Waals surface area contributed by atoms with Crippen LogP contribution in [-0.4, -0.2) is 37.7 Å². The number of aryl methyl sites for hydroxylation is 1. The summed E-state index contributed by atoms with van der Waals surface area (Å²) < 4.78 is 5.76. The first-order valence-electron chi connectivity index (χ1n) is 11.0. The number of nitrogens with one attached hydrogen (secondary N) is 1. The Balaban J connectivity index is 1.66. The van der Waals surface area contributed by atoms with Gasteiger partial charge in [0.05, 0.1) is 6.04 Å². The molecule has 170 valence electrons. The van der Waals surface area contributed by atoms with Gasteiger partial charge in [-0.2, -0.15) is 5.10 Å². The topological polar surface area (TPSA) is 91.3 Å². The summed E-state index contributed by atoms with van der Waals surface area (Å²) >= 11 is 0. The summed E-state index contributed by atoms with van der Waals surface area (Å²) in [5.41, 5.74) is 5.07. The smallest absolute Gasteiger partial charge is 0.273 e. The number of rotatable bonds is 7. The van der Waals surface area contributed by atoms with E-state index in [2.05, 4.69) is 21.8 Å². The Labute approximate surface area is 197 Å². The number of amides is 1. The van der Waals surface area contributed by atoms with Crippen LogP contribution in [0.25, 0.3) is 11.3 Å². The van der Waals surface area contributed by atoms with Gasteiger partial charge >= 0.3 is 0 Å². The molecule has 2 aromatic heterocycles. The van der Waals surface area contributed by atoms with E-state index in [0.29, 0.717) is 35.9 Å². The molecule has 2 aromatic carbocycles. The monoisotopic (exact) mass is 452 g/mol. The van der Waals surface area contributed by atoms with Gasteiger partial charge in [0.1, 0.15) is 29.5 Å². The number of aromatic nitrogens is 3. The molecule has 0 unspecified atom stereocenters. The number of hydrogen-bond acceptors (Lipinski definition) is 5. The summed E-state index contributed by atoms with van der Waals surface area (Å²) in [7, 11) is 0. The number of aromatic hydroxyl groups is 1. The van der Waals surface area contributed by atoms with Crippen LogP contribution in [0.15, 0.2) is 79.6 Å². The number of phenols is 1. The number of fused-ring (bicyclic) bond motifs is 1. The van der Waals surface area contributed by atoms with E-state index in [1.807, 2.05) is 55.5 Å². The molecule has 1 aliphatic rings. The number of phenolic OH excluding ortho intramolecular Hbond substituents is 1. The molecule has 4 aromatic rings. The number of H-pyrrole nitrogens is 1. The van der Waals surface area contributed by atoms with E-state index in [1.165, 1.54) is 0 Å². The predicted molar refractivity (Wildman–Crippen MR) is 129 cm³/mol. The lowest BCUT2D eigenvalue weighted by Crippen LogP contribution is -2.29. The van der Waals surface area contributed by atoms with E-state index in [4.69, 9.17) is 4.74 Å². The molecule has 5 rings (SSSR count). The van der Waals surface area contributed by atoms with Crippen molar-refractivity contribution < 1.29 is 14.6 Å². The van der Waals surface area contributed by atoms with Gasteiger partial charge < -0.3 is 14.7 Å². The van der Waals surface area contributed by atoms with Crippen LogP contribution in [0.2, 0.25) is 0 Å². The molecule has 0 radical (unpaired) electrons. The summed E-state index contributed by atoms with van der Waals surface area (Å²) in [4.78, 5) is 19.6. The van der Waals surface area contributed by atoms with Crippen molar-refractivity contribution in [3.05, 3.63) is 108 Å². The van der Waals surface area contributed by atoms with Gasteiger partial charge in [0, 0.05) is 30.1 Å². The highest BCUT2D eigenvalue weighted by atomic mass is 16.5. The molecule has 0 spiro atoms. The summed E-state index contributed by atoms with van der Waals surface area (Å²) in [6.07, 6.45) is 5.15. The quantitative estimate of drug-likeness (QED) is 0.393. The Bertz CT molecular complexity index is 1360. The number of pyridine rings is 1. The molecule has 0 bridgehead atoms. The molecule has 1 aliphatic heterocycles. The molecule has 0 saturated carbocycles. The lowest BCUT2D eigenvalue weighted by atomic mass is 9.95. The van der Waals surface area contributed by atoms with Gasteiger partial charge in [-0.05, 0) is 48.4 Å². The molecule has 7 nitrogen and oxygen atoms in total. The van der Waals surface area contributed by atoms with Crippen molar-refractivity contribution in [2.75, 3.05) is 6.61 Å². The Hall–Kier alpha value is -4.39. The highest BCUT2D eigenvalue weighted by Gasteiger charge is 2.42. The number of carbonyl (C=O) groups is 1. The first-order valence-corrected chi connectivity index (χ1v) is 11.0. The Morgan fingerprint density at radius 3 is 2.88 bits per heavy atom. The number of nitrogens with zero attached hydrogens (tertiary/aromatic N) is 3. The molecular weight excluding hydrogens is 428 g/mol. The van der Waals surface area contributed by atoms with Crippen molar-refractivity contribution in [2.24, 2.45) is 0 Å². The summed E-state index contributed by atoms with van der Waals surface area (Å²) in [6.45, 7) is 6.41. The number of carbonyl (C=O) groups excluding carboxylic acids is 1. The van der Waals surface area contributed by atoms with Gasteiger partial charge in [0.15, 0.2) is 0 Å². The highest BCUT2D eigenvalue weighted by Crippen LogP contribution is 2.45. The Morgan fingerprint density at radius 2 is 2.09 bits per heavy atom. The van der Waals surface area contributed by atoms with E-state index >= 15 is 0 Å². The van der Waals surface area contributed by atoms with Crippen LogP contribution in [0.5, 0.6) is 11.5 Å². The molecule has 0 saturated heterocycles. The minimum Gasteiger partial charge on any atom is -0.507 e. The molecule has 3 heterocycles. The normalized spacial score (nSPS) is 14.8. The van der Waals surface area contributed by atoms with Crippen LogP contribution in [0.3, 0.4) is 0 Å². The van der Waals surface area contributed by atoms with Gasteiger partial charge in [-0.15, -0.1) is 0 Å². The zero-order valence-electron chi connectivity index (χ0n) is 18.7. The first kappa shape index (κ1) is 21.5. The van der Waals surface area contributed by atoms with E-state index in [9.17, 15) is 9.90 Å². The van der Waals surface area contributed by atoms with Gasteiger partial charge in [-0.3, -0.25) is 14.9 Å². The minimum atomic E-state index is -0.427. The average molecular weight is 453 g/mol. The number of ether oxygens (including phenoxy) is 1. The molecule has 0 fully saturated rings. The van der Waals surface area contributed by atoms with Crippen molar-refractivity contribution in [2.45, 2.75) is 19.5 Å². The molecule has 1 atom stereocenters. The van der Waals surface area contributed by atoms with Crippen molar-refractivity contribution in [1.29, 1.82) is 0 Å². The first-order chi connectivity index (χ1) is 16.6. The third kappa shape index (κ3) is 3.81. The summed E-state index contributed by atoms with van der Waals surface area (Å²) in [5.74, 6) is 0.634. The fourth-order valence-electron chi connectivity index (χ4n) is 4.37. The maximum Gasteiger partial charge on any atom is 0.273 e. The van der Waals surface area contributed by atoms with Gasteiger partial charge in [0.25, 0.3) is 5.91 Å². The van der Waals surface area contributed by atoms with Crippen LogP contribution < -0.4 is 4.74 Å². The van der Waals surface area contributed by atoms with Crippen molar-refractivity contribution >= 4 is 5.91 Å². The maximum absolute atomic E-state index is 13.6. The van der Waals surface area contributed by atoms with Crippen LogP contribution in [0, 0.1) is 6.92 Å². The van der Waals surface area contributed by atoms with Crippen LogP contribution >= 0.6 is 0 Å². The summed E-state index contributed by atoms with van der Waals surface area (Å²) in [5, 5.41) is 18.0. The minimum absolute atomic E-state index is 0.111. The second-order valence-corrected chi connectivity index (χ2v) is 8.25. The molecular formula is C27H24N4O3. The second kappa shape index (κ2) is 8.86.